The Balaban J connectivity index is 2.35. The number of esters is 1. The van der Waals surface area contributed by atoms with Gasteiger partial charge in [0.2, 0.25) is 5.23 Å². The molecule has 0 bridgehead atoms. The maximum Gasteiger partial charge on any atom is 0.303 e. The summed E-state index contributed by atoms with van der Waals surface area (Å²) in [4.78, 5) is 11.6. The molecule has 1 saturated heterocycles. The van der Waals surface area contributed by atoms with Crippen LogP contribution in [0.25, 0.3) is 0 Å². The molecule has 0 unspecified atom stereocenters. The Morgan fingerprint density at radius 3 is 2.69 bits per heavy atom. The van der Waals surface area contributed by atoms with E-state index >= 15 is 0 Å². The van der Waals surface area contributed by atoms with Gasteiger partial charge in [0.05, 0.1) is 10.3 Å². The molecule has 1 heterocycles. The summed E-state index contributed by atoms with van der Waals surface area (Å²) in [5.41, 5.74) is 0.0380. The van der Waals surface area contributed by atoms with Crippen molar-refractivity contribution in [1.29, 1.82) is 5.41 Å². The summed E-state index contributed by atoms with van der Waals surface area (Å²) in [5.74, 6) is 0.411. The van der Waals surface area contributed by atoms with Crippen molar-refractivity contribution in [2.75, 3.05) is 0 Å². The van der Waals surface area contributed by atoms with Crippen LogP contribution in [0.15, 0.2) is 23.8 Å². The minimum absolute atomic E-state index is 0.00151. The number of fused-ring (bicyclic) bond motifs is 1. The molecule has 1 fully saturated rings. The van der Waals surface area contributed by atoms with Crippen LogP contribution in [0.1, 0.15) is 73.6 Å². The summed E-state index contributed by atoms with van der Waals surface area (Å²) in [7, 11) is 0. The lowest BCUT2D eigenvalue weighted by Crippen LogP contribution is -2.34. The van der Waals surface area contributed by atoms with E-state index in [1.54, 1.807) is 6.92 Å². The highest BCUT2D eigenvalue weighted by Crippen LogP contribution is 2.45. The molecule has 0 radical (unpaired) electrons. The van der Waals surface area contributed by atoms with Gasteiger partial charge in [-0.2, -0.15) is 0 Å². The third kappa shape index (κ3) is 7.18. The molecule has 1 aliphatic carbocycles. The summed E-state index contributed by atoms with van der Waals surface area (Å²) in [5, 5.41) is 19.3. The molecule has 1 aliphatic heterocycles. The van der Waals surface area contributed by atoms with Crippen molar-refractivity contribution in [3.05, 3.63) is 23.8 Å². The van der Waals surface area contributed by atoms with Gasteiger partial charge in [0.15, 0.2) is 0 Å². The maximum absolute atomic E-state index is 11.6. The molecule has 5 nitrogen and oxygen atoms in total. The fourth-order valence-corrected chi connectivity index (χ4v) is 5.26. The highest BCUT2D eigenvalue weighted by atomic mass is 32.2. The number of allylic oxidation sites excluding steroid dienone is 2. The largest absolute Gasteiger partial charge is 0.468 e. The summed E-state index contributed by atoms with van der Waals surface area (Å²) in [6, 6.07) is 0. The van der Waals surface area contributed by atoms with Gasteiger partial charge in [-0.3, -0.25) is 10.2 Å². The first-order valence-corrected chi connectivity index (χ1v) is 11.4. The van der Waals surface area contributed by atoms with Crippen LogP contribution in [-0.4, -0.2) is 38.9 Å². The first-order valence-electron chi connectivity index (χ1n) is 10.6. The number of ether oxygens (including phenoxy) is 2. The van der Waals surface area contributed by atoms with Crippen molar-refractivity contribution >= 4 is 23.0 Å². The van der Waals surface area contributed by atoms with Crippen LogP contribution in [-0.2, 0) is 14.3 Å². The summed E-state index contributed by atoms with van der Waals surface area (Å²) < 4.78 is 11.2. The van der Waals surface area contributed by atoms with Gasteiger partial charge in [0, 0.05) is 13.3 Å². The zero-order valence-electron chi connectivity index (χ0n) is 18.7. The van der Waals surface area contributed by atoms with Gasteiger partial charge in [-0.15, -0.1) is 0 Å². The molecule has 164 valence electrons. The van der Waals surface area contributed by atoms with E-state index in [0.29, 0.717) is 23.5 Å². The van der Waals surface area contributed by atoms with Crippen molar-refractivity contribution in [3.63, 3.8) is 0 Å². The first kappa shape index (κ1) is 24.0. The van der Waals surface area contributed by atoms with Crippen LogP contribution in [0.3, 0.4) is 0 Å². The average molecular weight is 424 g/mol. The van der Waals surface area contributed by atoms with E-state index in [1.807, 2.05) is 19.1 Å². The van der Waals surface area contributed by atoms with Crippen molar-refractivity contribution in [1.82, 2.24) is 0 Å². The van der Waals surface area contributed by atoms with Crippen LogP contribution in [0.4, 0.5) is 0 Å². The van der Waals surface area contributed by atoms with Crippen LogP contribution in [0.5, 0.6) is 0 Å². The molecule has 0 amide bonds. The van der Waals surface area contributed by atoms with Gasteiger partial charge in [0.1, 0.15) is 12.2 Å². The van der Waals surface area contributed by atoms with Crippen LogP contribution in [0.2, 0.25) is 0 Å². The quantitative estimate of drug-likeness (QED) is 0.469. The fraction of sp³-hybridized carbons (Fsp3) is 0.739. The van der Waals surface area contributed by atoms with E-state index in [9.17, 15) is 9.90 Å². The lowest BCUT2D eigenvalue weighted by Gasteiger charge is -2.31. The SMILES string of the molecule is CC(=O)O[C@H]1/C=C(\C)CC[C@H]2OC(=N)S[C@@]2(C)CC[C@@H](C(C)C)/C=C/[C@@](C)(O)C1. The maximum atomic E-state index is 11.6. The molecule has 6 heteroatoms. The van der Waals surface area contributed by atoms with Crippen LogP contribution >= 0.6 is 11.8 Å². The van der Waals surface area contributed by atoms with Gasteiger partial charge in [-0.25, -0.2) is 0 Å². The highest BCUT2D eigenvalue weighted by molar-refractivity contribution is 8.14. The molecule has 5 atom stereocenters. The number of carbonyl (C=O) groups is 1. The highest BCUT2D eigenvalue weighted by Gasteiger charge is 2.44. The monoisotopic (exact) mass is 423 g/mol. The Kier molecular flexibility index (Phi) is 8.02. The van der Waals surface area contributed by atoms with Crippen molar-refractivity contribution < 1.29 is 19.4 Å². The standard InChI is InChI=1S/C23H37NO4S/c1-15(2)18-9-11-22(5,26)14-19(27-17(4)25)13-16(3)7-8-20-23(6,12-10-18)29-21(24)28-20/h9,11,13,15,18-20,24,26H,7-8,10,12,14H2,1-6H3/b11-9+,16-13+,24-21?/t18-,19-,20+,22+,23-/m0/s1. The molecule has 2 rings (SSSR count). The smallest absolute Gasteiger partial charge is 0.303 e. The number of hydrogen-bond donors (Lipinski definition) is 2. The first-order chi connectivity index (χ1) is 13.4. The van der Waals surface area contributed by atoms with Crippen LogP contribution in [0, 0.1) is 17.2 Å². The predicted molar refractivity (Wildman–Crippen MR) is 119 cm³/mol. The molecule has 0 aromatic carbocycles. The number of aliphatic hydroxyl groups is 1. The molecular formula is C23H37NO4S. The number of hydrogen-bond acceptors (Lipinski definition) is 6. The Hall–Kier alpha value is -1.27. The molecule has 0 aromatic rings. The van der Waals surface area contributed by atoms with E-state index in [-0.39, 0.29) is 16.8 Å². The minimum atomic E-state index is -1.06. The number of rotatable bonds is 2. The van der Waals surface area contributed by atoms with Crippen molar-refractivity contribution in [2.24, 2.45) is 11.8 Å². The van der Waals surface area contributed by atoms with Crippen LogP contribution < -0.4 is 0 Å². The second kappa shape index (κ2) is 9.69. The normalized spacial score (nSPS) is 39.7. The zero-order chi connectivity index (χ0) is 21.8. The molecule has 2 N–H and O–H groups in total. The lowest BCUT2D eigenvalue weighted by atomic mass is 9.83. The van der Waals surface area contributed by atoms with E-state index in [1.165, 1.54) is 18.7 Å². The Labute approximate surface area is 179 Å². The van der Waals surface area contributed by atoms with Gasteiger partial charge < -0.3 is 14.6 Å². The van der Waals surface area contributed by atoms with E-state index in [2.05, 4.69) is 26.8 Å². The molecule has 29 heavy (non-hydrogen) atoms. The van der Waals surface area contributed by atoms with Gasteiger partial charge in [0.25, 0.3) is 0 Å². The van der Waals surface area contributed by atoms with Gasteiger partial charge in [-0.1, -0.05) is 43.3 Å². The van der Waals surface area contributed by atoms with E-state index in [4.69, 9.17) is 14.9 Å². The van der Waals surface area contributed by atoms with E-state index in [0.717, 1.165) is 31.3 Å². The Morgan fingerprint density at radius 2 is 2.07 bits per heavy atom. The minimum Gasteiger partial charge on any atom is -0.468 e. The average Bonchev–Trinajstić information content (AvgIpc) is 2.84. The molecule has 0 aromatic heterocycles. The lowest BCUT2D eigenvalue weighted by molar-refractivity contribution is -0.145. The molecular weight excluding hydrogens is 386 g/mol. The molecule has 0 spiro atoms. The Bertz CT molecular complexity index is 670. The molecule has 2 aliphatic rings. The zero-order valence-corrected chi connectivity index (χ0v) is 19.5. The van der Waals surface area contributed by atoms with Crippen molar-refractivity contribution in [2.45, 2.75) is 96.2 Å². The summed E-state index contributed by atoms with van der Waals surface area (Å²) in [6.07, 6.45) is 9.32. The third-order valence-corrected chi connectivity index (χ3v) is 7.21. The fourth-order valence-electron chi connectivity index (χ4n) is 4.15. The van der Waals surface area contributed by atoms with Gasteiger partial charge in [-0.05, 0) is 64.4 Å². The topological polar surface area (TPSA) is 79.6 Å². The van der Waals surface area contributed by atoms with Crippen molar-refractivity contribution in [3.8, 4) is 0 Å². The predicted octanol–water partition coefficient (Wildman–Crippen LogP) is 5.23. The number of nitrogens with one attached hydrogen (secondary N) is 1. The second-order valence-electron chi connectivity index (χ2n) is 9.38. The number of thioether (sulfide) groups is 1. The Morgan fingerprint density at radius 1 is 1.38 bits per heavy atom. The van der Waals surface area contributed by atoms with Gasteiger partial charge >= 0.3 is 5.97 Å². The third-order valence-electron chi connectivity index (χ3n) is 5.99. The summed E-state index contributed by atoms with van der Waals surface area (Å²) in [6.45, 7) is 11.8. The summed E-state index contributed by atoms with van der Waals surface area (Å²) >= 11 is 1.53. The molecule has 0 saturated carbocycles. The number of carbonyl (C=O) groups excluding carboxylic acids is 1. The second-order valence-corrected chi connectivity index (χ2v) is 10.9. The van der Waals surface area contributed by atoms with E-state index < -0.39 is 11.7 Å².